The van der Waals surface area contributed by atoms with Gasteiger partial charge in [0.1, 0.15) is 13.0 Å². The summed E-state index contributed by atoms with van der Waals surface area (Å²) in [7, 11) is -2.95. The van der Waals surface area contributed by atoms with Gasteiger partial charge in [-0.15, -0.1) is 0 Å². The average Bonchev–Trinajstić information content (AvgIpc) is 2.83. The lowest BCUT2D eigenvalue weighted by atomic mass is 9.72. The fourth-order valence-electron chi connectivity index (χ4n) is 5.63. The Hall–Kier alpha value is -2.31. The molecule has 176 valence electrons. The quantitative estimate of drug-likeness (QED) is 0.666. The zero-order chi connectivity index (χ0) is 23.0. The zero-order valence-electron chi connectivity index (χ0n) is 18.5. The van der Waals surface area contributed by atoms with E-state index >= 15 is 0 Å². The first-order chi connectivity index (χ1) is 15.9. The van der Waals surface area contributed by atoms with Crippen molar-refractivity contribution in [3.63, 3.8) is 0 Å². The van der Waals surface area contributed by atoms with Gasteiger partial charge in [-0.3, -0.25) is 10.2 Å². The van der Waals surface area contributed by atoms with Crippen LogP contribution in [-0.2, 0) is 15.8 Å². The van der Waals surface area contributed by atoms with E-state index in [0.29, 0.717) is 24.8 Å². The predicted molar refractivity (Wildman–Crippen MR) is 124 cm³/mol. The highest BCUT2D eigenvalue weighted by atomic mass is 31.2. The van der Waals surface area contributed by atoms with Crippen molar-refractivity contribution >= 4 is 24.2 Å². The molecule has 1 aromatic carbocycles. The largest absolute Gasteiger partial charge is 0.353 e. The molecule has 2 aliphatic heterocycles. The Morgan fingerprint density at radius 1 is 1.09 bits per heavy atom. The van der Waals surface area contributed by atoms with Gasteiger partial charge < -0.3 is 9.46 Å². The maximum absolute atomic E-state index is 14.9. The number of nitrogens with one attached hydrogen (secondary N) is 2. The number of rotatable bonds is 4. The second kappa shape index (κ2) is 9.15. The van der Waals surface area contributed by atoms with Crippen molar-refractivity contribution < 1.29 is 18.1 Å². The number of hydrogen-bond acceptors (Lipinski definition) is 5. The Morgan fingerprint density at radius 3 is 2.67 bits per heavy atom. The fourth-order valence-corrected chi connectivity index (χ4v) is 8.33. The minimum Gasteiger partial charge on any atom is -0.353 e. The van der Waals surface area contributed by atoms with Crippen LogP contribution in [0, 0.1) is 23.5 Å². The van der Waals surface area contributed by atoms with Gasteiger partial charge in [-0.25, -0.2) is 19.2 Å². The second-order valence-electron chi connectivity index (χ2n) is 9.42. The number of anilines is 1. The molecule has 33 heavy (non-hydrogen) atoms. The molecule has 9 heteroatoms. The summed E-state index contributed by atoms with van der Waals surface area (Å²) in [6.45, 7) is 0.740. The summed E-state index contributed by atoms with van der Waals surface area (Å²) in [5.41, 5.74) is 6.89. The first-order valence-corrected chi connectivity index (χ1v) is 13.8. The molecule has 2 N–H and O–H groups in total. The van der Waals surface area contributed by atoms with E-state index in [1.165, 1.54) is 24.4 Å². The van der Waals surface area contributed by atoms with E-state index in [-0.39, 0.29) is 41.9 Å². The number of fused-ring (bicyclic) bond motifs is 1. The van der Waals surface area contributed by atoms with Gasteiger partial charge in [0.15, 0.2) is 11.6 Å². The first kappa shape index (κ1) is 22.5. The smallest absolute Gasteiger partial charge is 0.237 e. The summed E-state index contributed by atoms with van der Waals surface area (Å²) in [4.78, 5) is 18.1. The number of halogens is 2. The van der Waals surface area contributed by atoms with Gasteiger partial charge in [0, 0.05) is 48.9 Å². The third kappa shape index (κ3) is 4.43. The van der Waals surface area contributed by atoms with E-state index in [2.05, 4.69) is 15.8 Å². The van der Waals surface area contributed by atoms with E-state index in [1.54, 1.807) is 17.0 Å². The molecular weight excluding hydrogens is 445 g/mol. The maximum Gasteiger partial charge on any atom is 0.237 e. The van der Waals surface area contributed by atoms with Crippen molar-refractivity contribution in [1.82, 2.24) is 15.8 Å². The van der Waals surface area contributed by atoms with Gasteiger partial charge in [0.05, 0.1) is 0 Å². The molecule has 1 saturated carbocycles. The molecule has 5 rings (SSSR count). The minimum atomic E-state index is -2.95. The molecule has 3 fully saturated rings. The standard InChI is InChI=1S/C24H29F2N4O2P/c25-19-8-7-16(14-21-17-4-1-2-5-18(17)24(31)29-28-21)15-22(19)33(32)12-10-30(11-13-33)23-20(26)6-3-9-27-23/h3,6-9,15,17-18,21,28H,1-2,4-5,10-14H2,(H,29,31). The highest BCUT2D eigenvalue weighted by molar-refractivity contribution is 7.71. The van der Waals surface area contributed by atoms with Crippen LogP contribution in [0.4, 0.5) is 14.6 Å². The summed E-state index contributed by atoms with van der Waals surface area (Å²) in [6.07, 6.45) is 6.84. The van der Waals surface area contributed by atoms with Gasteiger partial charge in [-0.2, -0.15) is 0 Å². The molecule has 0 radical (unpaired) electrons. The lowest BCUT2D eigenvalue weighted by Crippen LogP contribution is -2.60. The van der Waals surface area contributed by atoms with E-state index in [4.69, 9.17) is 0 Å². The molecule has 1 amide bonds. The van der Waals surface area contributed by atoms with Crippen molar-refractivity contribution in [1.29, 1.82) is 0 Å². The number of aromatic nitrogens is 1. The Bertz CT molecular complexity index is 1090. The molecule has 6 nitrogen and oxygen atoms in total. The number of hydrogen-bond donors (Lipinski definition) is 2. The summed E-state index contributed by atoms with van der Waals surface area (Å²) >= 11 is 0. The molecule has 2 saturated heterocycles. The van der Waals surface area contributed by atoms with Crippen LogP contribution in [0.1, 0.15) is 31.2 Å². The molecule has 3 atom stereocenters. The van der Waals surface area contributed by atoms with E-state index < -0.39 is 18.8 Å². The first-order valence-electron chi connectivity index (χ1n) is 11.7. The van der Waals surface area contributed by atoms with Gasteiger partial charge in [-0.05, 0) is 55.0 Å². The Balaban J connectivity index is 1.32. The van der Waals surface area contributed by atoms with Crippen LogP contribution in [0.15, 0.2) is 36.5 Å². The predicted octanol–water partition coefficient (Wildman–Crippen LogP) is 3.22. The Labute approximate surface area is 192 Å². The van der Waals surface area contributed by atoms with Crippen LogP contribution in [0.3, 0.4) is 0 Å². The van der Waals surface area contributed by atoms with Gasteiger partial charge in [-0.1, -0.05) is 18.9 Å². The van der Waals surface area contributed by atoms with E-state index in [1.807, 2.05) is 0 Å². The number of nitrogens with zero attached hydrogens (tertiary/aromatic N) is 2. The number of amides is 1. The number of hydrazine groups is 1. The summed E-state index contributed by atoms with van der Waals surface area (Å²) in [5.74, 6) is -0.245. The number of benzene rings is 1. The Morgan fingerprint density at radius 2 is 1.88 bits per heavy atom. The summed E-state index contributed by atoms with van der Waals surface area (Å²) < 4.78 is 42.7. The van der Waals surface area contributed by atoms with Crippen LogP contribution in [-0.4, -0.2) is 42.3 Å². The minimum absolute atomic E-state index is 0.0274. The van der Waals surface area contributed by atoms with E-state index in [9.17, 15) is 18.1 Å². The molecule has 3 unspecified atom stereocenters. The number of carbonyl (C=O) groups excluding carboxylic acids is 1. The van der Waals surface area contributed by atoms with Crippen LogP contribution in [0.25, 0.3) is 0 Å². The van der Waals surface area contributed by atoms with Gasteiger partial charge in [0.2, 0.25) is 5.91 Å². The molecule has 1 aromatic heterocycles. The second-order valence-corrected chi connectivity index (χ2v) is 12.6. The van der Waals surface area contributed by atoms with Crippen LogP contribution < -0.4 is 21.1 Å². The van der Waals surface area contributed by atoms with Gasteiger partial charge in [0.25, 0.3) is 0 Å². The van der Waals surface area contributed by atoms with Crippen molar-refractivity contribution in [3.05, 3.63) is 53.7 Å². The summed E-state index contributed by atoms with van der Waals surface area (Å²) in [5, 5.41) is 0.293. The number of pyridine rings is 1. The lowest BCUT2D eigenvalue weighted by molar-refractivity contribution is -0.133. The molecular formula is C24H29F2N4O2P. The zero-order valence-corrected chi connectivity index (χ0v) is 19.4. The number of carbonyl (C=O) groups is 1. The monoisotopic (exact) mass is 474 g/mol. The highest BCUT2D eigenvalue weighted by Gasteiger charge is 2.40. The topological polar surface area (TPSA) is 74.3 Å². The van der Waals surface area contributed by atoms with Crippen LogP contribution in [0.5, 0.6) is 0 Å². The molecule has 0 bridgehead atoms. The lowest BCUT2D eigenvalue weighted by Gasteiger charge is -2.41. The van der Waals surface area contributed by atoms with Crippen molar-refractivity contribution in [2.45, 2.75) is 38.1 Å². The molecule has 2 aromatic rings. The molecule has 3 aliphatic rings. The van der Waals surface area contributed by atoms with E-state index in [0.717, 1.165) is 31.2 Å². The average molecular weight is 474 g/mol. The van der Waals surface area contributed by atoms with Crippen molar-refractivity contribution in [3.8, 4) is 0 Å². The Kier molecular flexibility index (Phi) is 6.23. The normalized spacial score (nSPS) is 27.0. The fraction of sp³-hybridized carbons (Fsp3) is 0.500. The third-order valence-electron chi connectivity index (χ3n) is 7.46. The molecule has 3 heterocycles. The van der Waals surface area contributed by atoms with Crippen LogP contribution >= 0.6 is 7.14 Å². The summed E-state index contributed by atoms with van der Waals surface area (Å²) in [6, 6.07) is 7.88. The van der Waals surface area contributed by atoms with Crippen molar-refractivity contribution in [2.75, 3.05) is 30.3 Å². The molecule has 1 aliphatic carbocycles. The molecule has 0 spiro atoms. The van der Waals surface area contributed by atoms with Gasteiger partial charge >= 0.3 is 0 Å². The maximum atomic E-state index is 14.9. The van der Waals surface area contributed by atoms with Crippen molar-refractivity contribution in [2.24, 2.45) is 11.8 Å². The highest BCUT2D eigenvalue weighted by Crippen LogP contribution is 2.47. The van der Waals surface area contributed by atoms with Crippen LogP contribution in [0.2, 0.25) is 0 Å². The third-order valence-corrected chi connectivity index (χ3v) is 10.5. The SMILES string of the molecule is O=C1NNC(Cc2ccc(F)c(P3(=O)CCN(c4ncccc4F)CC3)c2)C2CCCCC12.